The Morgan fingerprint density at radius 2 is 2.14 bits per heavy atom. The van der Waals surface area contributed by atoms with Gasteiger partial charge >= 0.3 is 0 Å². The number of nitrogens with one attached hydrogen (secondary N) is 2. The molecule has 21 heavy (non-hydrogen) atoms. The van der Waals surface area contributed by atoms with Gasteiger partial charge in [0.1, 0.15) is 0 Å². The van der Waals surface area contributed by atoms with Gasteiger partial charge in [-0.15, -0.1) is 11.8 Å². The van der Waals surface area contributed by atoms with Gasteiger partial charge < -0.3 is 16.4 Å². The lowest BCUT2D eigenvalue weighted by Crippen LogP contribution is -2.41. The van der Waals surface area contributed by atoms with E-state index in [1.165, 1.54) is 11.8 Å². The van der Waals surface area contributed by atoms with Crippen LogP contribution in [0, 0.1) is 5.41 Å². The largest absolute Gasteiger partial charge is 0.329 e. The number of fused-ring (bicyclic) bond motifs is 1. The molecule has 6 heteroatoms. The maximum Gasteiger partial charge on any atom is 0.234 e. The first-order chi connectivity index (χ1) is 10.0. The van der Waals surface area contributed by atoms with E-state index in [0.717, 1.165) is 10.6 Å². The normalized spacial score (nSPS) is 14.3. The Morgan fingerprint density at radius 3 is 2.76 bits per heavy atom. The van der Waals surface area contributed by atoms with Gasteiger partial charge in [-0.3, -0.25) is 9.59 Å². The van der Waals surface area contributed by atoms with Gasteiger partial charge in [-0.1, -0.05) is 13.8 Å². The predicted octanol–water partition coefficient (Wildman–Crippen LogP) is 2.43. The third-order valence-electron chi connectivity index (χ3n) is 4.10. The minimum atomic E-state index is -0.534. The molecule has 2 rings (SSSR count). The number of carbonyl (C=O) groups excluding carboxylic acids is 2. The number of thioether (sulfide) groups is 1. The fourth-order valence-corrected chi connectivity index (χ4v) is 3.17. The predicted molar refractivity (Wildman–Crippen MR) is 86.5 cm³/mol. The average Bonchev–Trinajstić information content (AvgIpc) is 2.49. The number of hydrogen-bond donors (Lipinski definition) is 3. The van der Waals surface area contributed by atoms with Crippen molar-refractivity contribution in [3.63, 3.8) is 0 Å². The van der Waals surface area contributed by atoms with Gasteiger partial charge in [0, 0.05) is 17.1 Å². The summed E-state index contributed by atoms with van der Waals surface area (Å²) >= 11 is 1.50. The van der Waals surface area contributed by atoms with Crippen LogP contribution in [-0.2, 0) is 9.59 Å². The van der Waals surface area contributed by atoms with Crippen LogP contribution in [0.2, 0.25) is 0 Å². The van der Waals surface area contributed by atoms with Crippen LogP contribution < -0.4 is 16.4 Å². The molecule has 0 spiro atoms. The molecule has 0 atom stereocenters. The maximum absolute atomic E-state index is 12.5. The molecule has 0 fully saturated rings. The Bertz CT molecular complexity index is 548. The summed E-state index contributed by atoms with van der Waals surface area (Å²) in [4.78, 5) is 24.9. The molecule has 0 saturated carbocycles. The van der Waals surface area contributed by atoms with E-state index in [0.29, 0.717) is 30.8 Å². The van der Waals surface area contributed by atoms with E-state index < -0.39 is 5.41 Å². The van der Waals surface area contributed by atoms with Gasteiger partial charge in [0.25, 0.3) is 0 Å². The van der Waals surface area contributed by atoms with Crippen LogP contribution in [0.1, 0.15) is 26.7 Å². The van der Waals surface area contributed by atoms with Gasteiger partial charge in [0.05, 0.1) is 16.9 Å². The van der Waals surface area contributed by atoms with Crippen LogP contribution in [0.4, 0.5) is 11.4 Å². The molecule has 5 nitrogen and oxygen atoms in total. The molecule has 0 bridgehead atoms. The van der Waals surface area contributed by atoms with Crippen LogP contribution >= 0.6 is 11.8 Å². The number of benzene rings is 1. The summed E-state index contributed by atoms with van der Waals surface area (Å²) in [6.07, 6.45) is 1.40. The van der Waals surface area contributed by atoms with Crippen molar-refractivity contribution in [2.75, 3.05) is 22.9 Å². The highest BCUT2D eigenvalue weighted by atomic mass is 32.2. The van der Waals surface area contributed by atoms with Gasteiger partial charge in [0.15, 0.2) is 0 Å². The molecule has 0 aliphatic carbocycles. The highest BCUT2D eigenvalue weighted by Gasteiger charge is 2.33. The van der Waals surface area contributed by atoms with E-state index in [1.807, 2.05) is 26.0 Å². The van der Waals surface area contributed by atoms with Crippen molar-refractivity contribution in [2.24, 2.45) is 11.1 Å². The Morgan fingerprint density at radius 1 is 1.43 bits per heavy atom. The van der Waals surface area contributed by atoms with Gasteiger partial charge in [-0.2, -0.15) is 0 Å². The monoisotopic (exact) mass is 307 g/mol. The fourth-order valence-electron chi connectivity index (χ4n) is 2.38. The van der Waals surface area contributed by atoms with Crippen molar-refractivity contribution in [1.82, 2.24) is 0 Å². The highest BCUT2D eigenvalue weighted by molar-refractivity contribution is 8.00. The minimum Gasteiger partial charge on any atom is -0.329 e. The molecule has 4 N–H and O–H groups in total. The molecule has 0 aromatic heterocycles. The van der Waals surface area contributed by atoms with Crippen molar-refractivity contribution >= 4 is 35.0 Å². The number of anilines is 2. The van der Waals surface area contributed by atoms with E-state index in [4.69, 9.17) is 5.73 Å². The van der Waals surface area contributed by atoms with E-state index in [2.05, 4.69) is 10.6 Å². The zero-order chi connectivity index (χ0) is 15.5. The Labute approximate surface area is 129 Å². The number of hydrogen-bond acceptors (Lipinski definition) is 4. The number of amides is 2. The van der Waals surface area contributed by atoms with Crippen LogP contribution in [0.25, 0.3) is 0 Å². The molecule has 0 radical (unpaired) electrons. The molecule has 1 aromatic rings. The summed E-state index contributed by atoms with van der Waals surface area (Å²) in [7, 11) is 0. The second kappa shape index (κ2) is 6.49. The topological polar surface area (TPSA) is 84.2 Å². The van der Waals surface area contributed by atoms with E-state index in [-0.39, 0.29) is 11.8 Å². The lowest BCUT2D eigenvalue weighted by Gasteiger charge is -2.28. The first-order valence-electron chi connectivity index (χ1n) is 7.13. The van der Waals surface area contributed by atoms with Crippen molar-refractivity contribution in [3.8, 4) is 0 Å². The quantitative estimate of drug-likeness (QED) is 0.780. The zero-order valence-electron chi connectivity index (χ0n) is 12.4. The third kappa shape index (κ3) is 3.22. The van der Waals surface area contributed by atoms with Gasteiger partial charge in [0.2, 0.25) is 11.8 Å². The first kappa shape index (κ1) is 15.9. The van der Waals surface area contributed by atoms with Crippen LogP contribution in [0.3, 0.4) is 0 Å². The van der Waals surface area contributed by atoms with E-state index in [9.17, 15) is 9.59 Å². The van der Waals surface area contributed by atoms with Crippen molar-refractivity contribution in [1.29, 1.82) is 0 Å². The number of nitrogens with two attached hydrogens (primary N) is 1. The second-order valence-corrected chi connectivity index (χ2v) is 6.21. The van der Waals surface area contributed by atoms with Crippen molar-refractivity contribution in [3.05, 3.63) is 18.2 Å². The van der Waals surface area contributed by atoms with Crippen LogP contribution in [-0.4, -0.2) is 24.1 Å². The molecule has 1 aliphatic heterocycles. The van der Waals surface area contributed by atoms with Crippen molar-refractivity contribution in [2.45, 2.75) is 31.6 Å². The van der Waals surface area contributed by atoms with Crippen molar-refractivity contribution < 1.29 is 9.59 Å². The Kier molecular flexibility index (Phi) is 4.90. The Hall–Kier alpha value is -1.53. The van der Waals surface area contributed by atoms with Gasteiger partial charge in [-0.25, -0.2) is 0 Å². The van der Waals surface area contributed by atoms with E-state index in [1.54, 1.807) is 6.07 Å². The lowest BCUT2D eigenvalue weighted by atomic mass is 9.81. The zero-order valence-corrected chi connectivity index (χ0v) is 13.2. The number of rotatable bonds is 5. The molecule has 0 unspecified atom stereocenters. The summed E-state index contributed by atoms with van der Waals surface area (Å²) in [5.41, 5.74) is 6.69. The van der Waals surface area contributed by atoms with Crippen LogP contribution in [0.5, 0.6) is 0 Å². The maximum atomic E-state index is 12.5. The third-order valence-corrected chi connectivity index (χ3v) is 5.17. The second-order valence-electron chi connectivity index (χ2n) is 5.19. The molecule has 2 amide bonds. The lowest BCUT2D eigenvalue weighted by molar-refractivity contribution is -0.125. The van der Waals surface area contributed by atoms with E-state index >= 15 is 0 Å². The SMILES string of the molecule is CCC(CC)(CN)C(=O)Nc1ccc2c(c1)NC(=O)CS2. The summed E-state index contributed by atoms with van der Waals surface area (Å²) in [5.74, 6) is 0.347. The molecule has 1 aromatic carbocycles. The Balaban J connectivity index is 2.18. The molecular weight excluding hydrogens is 286 g/mol. The molecule has 1 heterocycles. The first-order valence-corrected chi connectivity index (χ1v) is 8.11. The summed E-state index contributed by atoms with van der Waals surface area (Å²) in [6.45, 7) is 4.27. The standard InChI is InChI=1S/C15H21N3O2S/c1-3-15(4-2,9-16)14(20)17-10-5-6-12-11(7-10)18-13(19)8-21-12/h5-7H,3-4,8-9,16H2,1-2H3,(H,17,20)(H,18,19). The molecular formula is C15H21N3O2S. The van der Waals surface area contributed by atoms with Gasteiger partial charge in [-0.05, 0) is 31.0 Å². The minimum absolute atomic E-state index is 0.0191. The smallest absolute Gasteiger partial charge is 0.234 e. The highest BCUT2D eigenvalue weighted by Crippen LogP contribution is 2.34. The molecule has 1 aliphatic rings. The summed E-state index contributed by atoms with van der Waals surface area (Å²) < 4.78 is 0. The fraction of sp³-hybridized carbons (Fsp3) is 0.467. The number of carbonyl (C=O) groups is 2. The summed E-state index contributed by atoms with van der Waals surface area (Å²) in [5, 5.41) is 5.74. The average molecular weight is 307 g/mol. The van der Waals surface area contributed by atoms with Crippen LogP contribution in [0.15, 0.2) is 23.1 Å². The summed E-state index contributed by atoms with van der Waals surface area (Å²) in [6, 6.07) is 5.56. The molecule has 114 valence electrons. The molecule has 0 saturated heterocycles.